The fourth-order valence-corrected chi connectivity index (χ4v) is 5.13. The van der Waals surface area contributed by atoms with Crippen molar-refractivity contribution in [3.05, 3.63) is 77.9 Å². The molecule has 0 spiro atoms. The number of likely N-dealkylation sites (N-methyl/N-ethyl adjacent to an activating group) is 2. The summed E-state index contributed by atoms with van der Waals surface area (Å²) in [5.74, 6) is -0.689. The Morgan fingerprint density at radius 3 is 2.23 bits per heavy atom. The first-order chi connectivity index (χ1) is 16.7. The highest BCUT2D eigenvalue weighted by Crippen LogP contribution is 2.22. The quantitative estimate of drug-likeness (QED) is 0.465. The molecular formula is C27H33N3O4S. The molecule has 0 radical (unpaired) electrons. The molecule has 0 bridgehead atoms. The minimum absolute atomic E-state index is 0.118. The molecule has 3 aromatic rings. The maximum absolute atomic E-state index is 13.5. The zero-order valence-corrected chi connectivity index (χ0v) is 21.5. The van der Waals surface area contributed by atoms with E-state index in [1.807, 2.05) is 69.3 Å². The lowest BCUT2D eigenvalue weighted by molar-refractivity contribution is -0.141. The standard InChI is InChI=1S/C27H33N3O4S/c1-5-25(27(32)28-6-2)30(18-21-13-11-20(3)12-14-21)26(31)19-29(4)35(33,34)24-16-15-22-9-7-8-10-23(22)17-24/h7-17,25H,5-6,18-19H2,1-4H3,(H,28,32)/t25-/m0/s1. The van der Waals surface area contributed by atoms with Gasteiger partial charge in [-0.1, -0.05) is 67.1 Å². The van der Waals surface area contributed by atoms with E-state index < -0.39 is 22.0 Å². The number of nitrogens with one attached hydrogen (secondary N) is 1. The number of rotatable bonds is 10. The Morgan fingerprint density at radius 2 is 1.60 bits per heavy atom. The molecule has 0 unspecified atom stereocenters. The van der Waals surface area contributed by atoms with Gasteiger partial charge in [-0.2, -0.15) is 4.31 Å². The molecule has 0 fully saturated rings. The molecule has 0 aliphatic heterocycles. The van der Waals surface area contributed by atoms with E-state index >= 15 is 0 Å². The second kappa shape index (κ2) is 11.5. The topological polar surface area (TPSA) is 86.8 Å². The Kier molecular flexibility index (Phi) is 8.64. The van der Waals surface area contributed by atoms with Gasteiger partial charge in [0.1, 0.15) is 6.04 Å². The summed E-state index contributed by atoms with van der Waals surface area (Å²) in [6.45, 7) is 5.90. The van der Waals surface area contributed by atoms with Gasteiger partial charge in [0, 0.05) is 20.1 Å². The van der Waals surface area contributed by atoms with Crippen molar-refractivity contribution in [1.29, 1.82) is 0 Å². The van der Waals surface area contributed by atoms with E-state index in [9.17, 15) is 18.0 Å². The molecule has 35 heavy (non-hydrogen) atoms. The number of carbonyl (C=O) groups excluding carboxylic acids is 2. The van der Waals surface area contributed by atoms with E-state index in [-0.39, 0.29) is 23.9 Å². The van der Waals surface area contributed by atoms with Gasteiger partial charge in [-0.3, -0.25) is 9.59 Å². The van der Waals surface area contributed by atoms with E-state index in [4.69, 9.17) is 0 Å². The Bertz CT molecular complexity index is 1290. The predicted molar refractivity (Wildman–Crippen MR) is 138 cm³/mol. The third kappa shape index (κ3) is 6.26. The number of hydrogen-bond donors (Lipinski definition) is 1. The lowest BCUT2D eigenvalue weighted by Gasteiger charge is -2.32. The number of carbonyl (C=O) groups is 2. The van der Waals surface area contributed by atoms with Crippen LogP contribution in [0.3, 0.4) is 0 Å². The maximum atomic E-state index is 13.5. The van der Waals surface area contributed by atoms with Crippen molar-refractivity contribution in [3.8, 4) is 0 Å². The van der Waals surface area contributed by atoms with E-state index in [0.717, 1.165) is 26.2 Å². The van der Waals surface area contributed by atoms with Crippen molar-refractivity contribution in [2.45, 2.75) is 44.7 Å². The summed E-state index contributed by atoms with van der Waals surface area (Å²) >= 11 is 0. The zero-order chi connectivity index (χ0) is 25.6. The number of fused-ring (bicyclic) bond motifs is 1. The van der Waals surface area contributed by atoms with Gasteiger partial charge in [-0.05, 0) is 48.7 Å². The van der Waals surface area contributed by atoms with Gasteiger partial charge in [0.25, 0.3) is 0 Å². The zero-order valence-electron chi connectivity index (χ0n) is 20.7. The highest BCUT2D eigenvalue weighted by atomic mass is 32.2. The minimum Gasteiger partial charge on any atom is -0.355 e. The number of benzene rings is 3. The average molecular weight is 496 g/mol. The monoisotopic (exact) mass is 495 g/mol. The number of amides is 2. The van der Waals surface area contributed by atoms with Crippen molar-refractivity contribution in [2.24, 2.45) is 0 Å². The van der Waals surface area contributed by atoms with Gasteiger partial charge in [0.2, 0.25) is 21.8 Å². The number of aryl methyl sites for hydroxylation is 1. The van der Waals surface area contributed by atoms with Crippen molar-refractivity contribution in [2.75, 3.05) is 20.1 Å². The van der Waals surface area contributed by atoms with Gasteiger partial charge in [-0.15, -0.1) is 0 Å². The minimum atomic E-state index is -3.92. The summed E-state index contributed by atoms with van der Waals surface area (Å²) in [5, 5.41) is 4.52. The number of sulfonamides is 1. The van der Waals surface area contributed by atoms with Gasteiger partial charge in [0.05, 0.1) is 11.4 Å². The van der Waals surface area contributed by atoms with Crippen molar-refractivity contribution in [1.82, 2.24) is 14.5 Å². The summed E-state index contributed by atoms with van der Waals surface area (Å²) in [6, 6.07) is 19.4. The van der Waals surface area contributed by atoms with Crippen molar-refractivity contribution >= 4 is 32.6 Å². The number of hydrogen-bond acceptors (Lipinski definition) is 4. The fourth-order valence-electron chi connectivity index (χ4n) is 3.98. The molecule has 3 aromatic carbocycles. The molecule has 0 aromatic heterocycles. The smallest absolute Gasteiger partial charge is 0.243 e. The Morgan fingerprint density at radius 1 is 0.943 bits per heavy atom. The Labute approximate surface area is 207 Å². The van der Waals surface area contributed by atoms with E-state index in [2.05, 4.69) is 5.32 Å². The van der Waals surface area contributed by atoms with Crippen LogP contribution in [0.2, 0.25) is 0 Å². The molecule has 0 heterocycles. The molecule has 186 valence electrons. The molecule has 7 nitrogen and oxygen atoms in total. The SMILES string of the molecule is CCNC(=O)[C@H](CC)N(Cc1ccc(C)cc1)C(=O)CN(C)S(=O)(=O)c1ccc2ccccc2c1. The third-order valence-electron chi connectivity index (χ3n) is 6.00. The molecule has 8 heteroatoms. The van der Waals surface area contributed by atoms with Crippen LogP contribution in [0.5, 0.6) is 0 Å². The molecule has 0 aliphatic rings. The first kappa shape index (κ1) is 26.4. The van der Waals surface area contributed by atoms with Gasteiger partial charge < -0.3 is 10.2 Å². The summed E-state index contributed by atoms with van der Waals surface area (Å²) in [4.78, 5) is 27.8. The van der Waals surface area contributed by atoms with Crippen molar-refractivity contribution in [3.63, 3.8) is 0 Å². The van der Waals surface area contributed by atoms with Crippen LogP contribution in [-0.2, 0) is 26.2 Å². The van der Waals surface area contributed by atoms with E-state index in [1.165, 1.54) is 11.9 Å². The second-order valence-electron chi connectivity index (χ2n) is 8.60. The molecule has 0 aliphatic carbocycles. The molecule has 2 amide bonds. The lowest BCUT2D eigenvalue weighted by atomic mass is 10.1. The van der Waals surface area contributed by atoms with Crippen LogP contribution in [0.25, 0.3) is 10.8 Å². The molecule has 1 N–H and O–H groups in total. The van der Waals surface area contributed by atoms with Crippen molar-refractivity contribution < 1.29 is 18.0 Å². The van der Waals surface area contributed by atoms with Crippen LogP contribution in [-0.4, -0.2) is 55.6 Å². The highest BCUT2D eigenvalue weighted by Gasteiger charge is 2.31. The number of nitrogens with zero attached hydrogens (tertiary/aromatic N) is 2. The normalized spacial score (nSPS) is 12.5. The summed E-state index contributed by atoms with van der Waals surface area (Å²) in [7, 11) is -2.53. The molecule has 0 saturated carbocycles. The lowest BCUT2D eigenvalue weighted by Crippen LogP contribution is -2.51. The van der Waals surface area contributed by atoms with Gasteiger partial charge in [0.15, 0.2) is 0 Å². The van der Waals surface area contributed by atoms with Gasteiger partial charge in [-0.25, -0.2) is 8.42 Å². The van der Waals surface area contributed by atoms with E-state index in [1.54, 1.807) is 18.2 Å². The largest absolute Gasteiger partial charge is 0.355 e. The maximum Gasteiger partial charge on any atom is 0.243 e. The first-order valence-electron chi connectivity index (χ1n) is 11.7. The molecule has 1 atom stereocenters. The van der Waals surface area contributed by atoms with Crippen LogP contribution in [0.4, 0.5) is 0 Å². The van der Waals surface area contributed by atoms with Crippen LogP contribution in [0, 0.1) is 6.92 Å². The highest BCUT2D eigenvalue weighted by molar-refractivity contribution is 7.89. The fraction of sp³-hybridized carbons (Fsp3) is 0.333. The molecule has 3 rings (SSSR count). The first-order valence-corrected chi connectivity index (χ1v) is 13.2. The second-order valence-corrected chi connectivity index (χ2v) is 10.6. The molecular weight excluding hydrogens is 462 g/mol. The van der Waals surface area contributed by atoms with Gasteiger partial charge >= 0.3 is 0 Å². The van der Waals surface area contributed by atoms with Crippen LogP contribution < -0.4 is 5.32 Å². The average Bonchev–Trinajstić information content (AvgIpc) is 2.84. The van der Waals surface area contributed by atoms with Crippen LogP contribution in [0.1, 0.15) is 31.4 Å². The summed E-state index contributed by atoms with van der Waals surface area (Å²) < 4.78 is 27.6. The van der Waals surface area contributed by atoms with Crippen LogP contribution in [0.15, 0.2) is 71.6 Å². The Balaban J connectivity index is 1.87. The third-order valence-corrected chi connectivity index (χ3v) is 7.80. The molecule has 0 saturated heterocycles. The summed E-state index contributed by atoms with van der Waals surface area (Å²) in [5.41, 5.74) is 1.95. The Hall–Kier alpha value is -3.23. The predicted octanol–water partition coefficient (Wildman–Crippen LogP) is 3.71. The van der Waals surface area contributed by atoms with E-state index in [0.29, 0.717) is 13.0 Å². The van der Waals surface area contributed by atoms with Crippen LogP contribution >= 0.6 is 0 Å². The summed E-state index contributed by atoms with van der Waals surface area (Å²) in [6.07, 6.45) is 0.407.